The molecule has 0 aromatic heterocycles. The average molecular weight is 318 g/mol. The highest BCUT2D eigenvalue weighted by Gasteiger charge is 2.41. The Morgan fingerprint density at radius 1 is 1.00 bits per heavy atom. The first-order valence-corrected chi connectivity index (χ1v) is 9.17. The molecule has 0 radical (unpaired) electrons. The fourth-order valence-electron chi connectivity index (χ4n) is 3.19. The van der Waals surface area contributed by atoms with Crippen molar-refractivity contribution in [1.29, 1.82) is 0 Å². The third-order valence-electron chi connectivity index (χ3n) is 4.24. The number of piperidine rings is 2. The molecule has 0 saturated carbocycles. The minimum Gasteiger partial charge on any atom is -0.480 e. The van der Waals surface area contributed by atoms with Gasteiger partial charge in [-0.05, 0) is 32.1 Å². The van der Waals surface area contributed by atoms with Crippen LogP contribution in [0.15, 0.2) is 0 Å². The van der Waals surface area contributed by atoms with Crippen LogP contribution in [0.25, 0.3) is 0 Å². The molecule has 2 atom stereocenters. The molecular formula is C13H22N2O5S. The summed E-state index contributed by atoms with van der Waals surface area (Å²) in [6, 6.07) is -1.57. The predicted octanol–water partition coefficient (Wildman–Crippen LogP) is 0.266. The summed E-state index contributed by atoms with van der Waals surface area (Å²) in [5.41, 5.74) is 0. The summed E-state index contributed by atoms with van der Waals surface area (Å²) < 4.78 is 24.9. The minimum atomic E-state index is -3.46. The van der Waals surface area contributed by atoms with Gasteiger partial charge in [0, 0.05) is 13.1 Å². The van der Waals surface area contributed by atoms with E-state index in [2.05, 4.69) is 0 Å². The highest BCUT2D eigenvalue weighted by atomic mass is 32.2. The van der Waals surface area contributed by atoms with Crippen LogP contribution in [0.3, 0.4) is 0 Å². The van der Waals surface area contributed by atoms with E-state index < -0.39 is 28.1 Å². The molecule has 0 aliphatic carbocycles. The maximum absolute atomic E-state index is 12.7. The second-order valence-corrected chi connectivity index (χ2v) is 7.70. The van der Waals surface area contributed by atoms with Crippen molar-refractivity contribution in [3.8, 4) is 0 Å². The van der Waals surface area contributed by atoms with Gasteiger partial charge in [0.15, 0.2) is 0 Å². The largest absolute Gasteiger partial charge is 0.480 e. The van der Waals surface area contributed by atoms with Crippen LogP contribution in [0.2, 0.25) is 0 Å². The molecule has 0 spiro atoms. The molecule has 0 aromatic rings. The molecule has 1 amide bonds. The predicted molar refractivity (Wildman–Crippen MR) is 76.2 cm³/mol. The number of carbonyl (C=O) groups is 2. The number of carboxylic acid groups (broad SMARTS) is 1. The third kappa shape index (κ3) is 3.55. The molecule has 8 heteroatoms. The Morgan fingerprint density at radius 2 is 1.57 bits per heavy atom. The molecule has 2 fully saturated rings. The average Bonchev–Trinajstić information content (AvgIpc) is 2.45. The van der Waals surface area contributed by atoms with Gasteiger partial charge in [-0.3, -0.25) is 4.79 Å². The van der Waals surface area contributed by atoms with Crippen molar-refractivity contribution < 1.29 is 23.1 Å². The normalized spacial score (nSPS) is 28.3. The SMILES string of the molecule is CS(=O)(=O)N1CCCCC1C(=O)N1CCCC[C@@H]1C(=O)O. The fraction of sp³-hybridized carbons (Fsp3) is 0.846. The van der Waals surface area contributed by atoms with E-state index in [1.54, 1.807) is 0 Å². The number of carbonyl (C=O) groups excluding carboxylic acids is 1. The number of rotatable bonds is 3. The first kappa shape index (κ1) is 16.2. The van der Waals surface area contributed by atoms with Crippen LogP contribution in [0.5, 0.6) is 0 Å². The molecular weight excluding hydrogens is 296 g/mol. The van der Waals surface area contributed by atoms with E-state index in [-0.39, 0.29) is 5.91 Å². The summed E-state index contributed by atoms with van der Waals surface area (Å²) in [4.78, 5) is 25.3. The third-order valence-corrected chi connectivity index (χ3v) is 5.52. The van der Waals surface area contributed by atoms with Gasteiger partial charge in [-0.25, -0.2) is 13.2 Å². The van der Waals surface area contributed by atoms with Gasteiger partial charge in [-0.15, -0.1) is 0 Å². The van der Waals surface area contributed by atoms with Gasteiger partial charge in [0.1, 0.15) is 12.1 Å². The van der Waals surface area contributed by atoms with Gasteiger partial charge in [0.25, 0.3) is 0 Å². The van der Waals surface area contributed by atoms with Crippen molar-refractivity contribution in [3.63, 3.8) is 0 Å². The van der Waals surface area contributed by atoms with E-state index in [1.807, 2.05) is 0 Å². The Kier molecular flexibility index (Phi) is 4.88. The fourth-order valence-corrected chi connectivity index (χ4v) is 4.31. The smallest absolute Gasteiger partial charge is 0.326 e. The lowest BCUT2D eigenvalue weighted by Gasteiger charge is -2.39. The first-order chi connectivity index (χ1) is 9.82. The van der Waals surface area contributed by atoms with Crippen LogP contribution in [0, 0.1) is 0 Å². The number of aliphatic carboxylic acids is 1. The zero-order valence-electron chi connectivity index (χ0n) is 12.2. The van der Waals surface area contributed by atoms with E-state index in [0.29, 0.717) is 25.9 Å². The molecule has 1 unspecified atom stereocenters. The van der Waals surface area contributed by atoms with Gasteiger partial charge in [-0.1, -0.05) is 6.42 Å². The van der Waals surface area contributed by atoms with Crippen LogP contribution in [-0.2, 0) is 19.6 Å². The zero-order valence-corrected chi connectivity index (χ0v) is 13.0. The molecule has 0 aromatic carbocycles. The molecule has 7 nitrogen and oxygen atoms in total. The number of amides is 1. The lowest BCUT2D eigenvalue weighted by atomic mass is 9.98. The molecule has 2 rings (SSSR count). The van der Waals surface area contributed by atoms with E-state index in [0.717, 1.165) is 31.9 Å². The van der Waals surface area contributed by atoms with Crippen molar-refractivity contribution >= 4 is 21.9 Å². The number of carboxylic acids is 1. The summed E-state index contributed by atoms with van der Waals surface area (Å²) in [5, 5.41) is 9.26. The minimum absolute atomic E-state index is 0.334. The molecule has 120 valence electrons. The summed E-state index contributed by atoms with van der Waals surface area (Å²) >= 11 is 0. The number of likely N-dealkylation sites (tertiary alicyclic amines) is 1. The quantitative estimate of drug-likeness (QED) is 0.806. The van der Waals surface area contributed by atoms with Crippen LogP contribution < -0.4 is 0 Å². The maximum Gasteiger partial charge on any atom is 0.326 e. The Bertz CT molecular complexity index is 519. The molecule has 2 saturated heterocycles. The van der Waals surface area contributed by atoms with Gasteiger partial charge < -0.3 is 10.0 Å². The van der Waals surface area contributed by atoms with Gasteiger partial charge in [0.05, 0.1) is 6.26 Å². The Hall–Kier alpha value is -1.15. The summed E-state index contributed by atoms with van der Waals surface area (Å²) in [5.74, 6) is -1.36. The Morgan fingerprint density at radius 3 is 2.14 bits per heavy atom. The summed E-state index contributed by atoms with van der Waals surface area (Å²) in [6.07, 6.45) is 5.07. The van der Waals surface area contributed by atoms with Crippen molar-refractivity contribution in [2.24, 2.45) is 0 Å². The zero-order chi connectivity index (χ0) is 15.6. The Labute approximate surface area is 125 Å². The maximum atomic E-state index is 12.7. The van der Waals surface area contributed by atoms with Crippen LogP contribution in [-0.4, -0.2) is 66.0 Å². The lowest BCUT2D eigenvalue weighted by molar-refractivity contribution is -0.154. The molecule has 2 aliphatic heterocycles. The second-order valence-electron chi connectivity index (χ2n) is 5.77. The first-order valence-electron chi connectivity index (χ1n) is 7.32. The van der Waals surface area contributed by atoms with Crippen molar-refractivity contribution in [2.45, 2.75) is 50.6 Å². The topological polar surface area (TPSA) is 95.0 Å². The van der Waals surface area contributed by atoms with Gasteiger partial charge >= 0.3 is 5.97 Å². The van der Waals surface area contributed by atoms with Crippen LogP contribution in [0.4, 0.5) is 0 Å². The number of hydrogen-bond acceptors (Lipinski definition) is 4. The molecule has 1 N–H and O–H groups in total. The van der Waals surface area contributed by atoms with Crippen molar-refractivity contribution in [2.75, 3.05) is 19.3 Å². The van der Waals surface area contributed by atoms with Crippen molar-refractivity contribution in [1.82, 2.24) is 9.21 Å². The van der Waals surface area contributed by atoms with E-state index >= 15 is 0 Å². The standard InChI is InChI=1S/C13H22N2O5S/c1-21(19,20)15-9-5-3-6-10(15)12(16)14-8-4-2-7-11(14)13(17)18/h10-11H,2-9H2,1H3,(H,17,18)/t10?,11-/m1/s1. The molecule has 2 aliphatic rings. The van der Waals surface area contributed by atoms with Gasteiger partial charge in [-0.2, -0.15) is 4.31 Å². The number of nitrogens with zero attached hydrogens (tertiary/aromatic N) is 2. The second kappa shape index (κ2) is 6.31. The summed E-state index contributed by atoms with van der Waals surface area (Å²) in [6.45, 7) is 0.727. The molecule has 21 heavy (non-hydrogen) atoms. The highest BCUT2D eigenvalue weighted by Crippen LogP contribution is 2.25. The monoisotopic (exact) mass is 318 g/mol. The van der Waals surface area contributed by atoms with E-state index in [1.165, 1.54) is 9.21 Å². The molecule has 0 bridgehead atoms. The number of hydrogen-bond donors (Lipinski definition) is 1. The van der Waals surface area contributed by atoms with E-state index in [9.17, 15) is 23.1 Å². The Balaban J connectivity index is 2.21. The van der Waals surface area contributed by atoms with E-state index in [4.69, 9.17) is 0 Å². The number of sulfonamides is 1. The summed E-state index contributed by atoms with van der Waals surface area (Å²) in [7, 11) is -3.46. The van der Waals surface area contributed by atoms with Crippen LogP contribution in [0.1, 0.15) is 38.5 Å². The van der Waals surface area contributed by atoms with Crippen molar-refractivity contribution in [3.05, 3.63) is 0 Å². The van der Waals surface area contributed by atoms with Gasteiger partial charge in [0.2, 0.25) is 15.9 Å². The molecule has 2 heterocycles. The lowest BCUT2D eigenvalue weighted by Crippen LogP contribution is -2.57. The highest BCUT2D eigenvalue weighted by molar-refractivity contribution is 7.88. The van der Waals surface area contributed by atoms with Crippen LogP contribution >= 0.6 is 0 Å².